The maximum absolute atomic E-state index is 12.0. The van der Waals surface area contributed by atoms with Crippen LogP contribution in [0.15, 0.2) is 18.2 Å². The molecule has 0 spiro atoms. The number of carbonyl (C=O) groups is 2. The number of amides is 3. The fraction of sp³-hybridized carbons (Fsp3) is 0.529. The lowest BCUT2D eigenvalue weighted by Gasteiger charge is -2.23. The van der Waals surface area contributed by atoms with E-state index in [1.807, 2.05) is 46.8 Å². The van der Waals surface area contributed by atoms with Gasteiger partial charge in [-0.05, 0) is 65.3 Å². The number of anilines is 1. The second-order valence-corrected chi connectivity index (χ2v) is 6.47. The summed E-state index contributed by atoms with van der Waals surface area (Å²) in [6.07, 6.45) is 0. The van der Waals surface area contributed by atoms with Crippen LogP contribution in [0.25, 0.3) is 0 Å². The molecule has 1 atom stereocenters. The Hall–Kier alpha value is -2.24. The van der Waals surface area contributed by atoms with Gasteiger partial charge >= 0.3 is 6.03 Å². The first-order valence-electron chi connectivity index (χ1n) is 7.75. The zero-order chi connectivity index (χ0) is 17.6. The van der Waals surface area contributed by atoms with E-state index in [0.29, 0.717) is 12.3 Å². The van der Waals surface area contributed by atoms with Crippen LogP contribution >= 0.6 is 0 Å². The van der Waals surface area contributed by atoms with Crippen molar-refractivity contribution in [2.45, 2.75) is 53.1 Å². The van der Waals surface area contributed by atoms with E-state index in [0.717, 1.165) is 11.3 Å². The molecule has 1 aromatic rings. The van der Waals surface area contributed by atoms with Gasteiger partial charge in [0, 0.05) is 11.2 Å². The molecule has 0 radical (unpaired) electrons. The number of hydrogen-bond donors (Lipinski definition) is 3. The van der Waals surface area contributed by atoms with Crippen LogP contribution in [0.5, 0.6) is 5.75 Å². The second kappa shape index (κ2) is 7.85. The molecule has 0 fully saturated rings. The van der Waals surface area contributed by atoms with Crippen molar-refractivity contribution in [3.8, 4) is 5.75 Å². The smallest absolute Gasteiger partial charge is 0.319 e. The maximum Gasteiger partial charge on any atom is 0.319 e. The number of aryl methyl sites for hydroxylation is 1. The normalized spacial score (nSPS) is 12.3. The first-order valence-corrected chi connectivity index (χ1v) is 7.75. The standard InChI is InChI=1S/C17H27N3O3/c1-7-23-14-9-8-13(10-11(14)2)19-16(22)18-12(3)15(21)20-17(4,5)6/h8-10,12H,7H2,1-6H3,(H,20,21)(H2,18,19,22)/t12-/m1/s1. The zero-order valence-electron chi connectivity index (χ0n) is 14.7. The molecule has 0 aliphatic rings. The molecule has 0 unspecified atom stereocenters. The Morgan fingerprint density at radius 3 is 2.43 bits per heavy atom. The third-order valence-corrected chi connectivity index (χ3v) is 2.97. The first kappa shape index (κ1) is 18.8. The van der Waals surface area contributed by atoms with Crippen molar-refractivity contribution >= 4 is 17.6 Å². The minimum absolute atomic E-state index is 0.226. The Labute approximate surface area is 138 Å². The van der Waals surface area contributed by atoms with Crippen LogP contribution in [0.1, 0.15) is 40.2 Å². The molecule has 0 bridgehead atoms. The van der Waals surface area contributed by atoms with Gasteiger partial charge in [-0.25, -0.2) is 4.79 Å². The Morgan fingerprint density at radius 2 is 1.91 bits per heavy atom. The van der Waals surface area contributed by atoms with E-state index < -0.39 is 12.1 Å². The van der Waals surface area contributed by atoms with E-state index in [9.17, 15) is 9.59 Å². The average Bonchev–Trinajstić information content (AvgIpc) is 2.40. The average molecular weight is 321 g/mol. The summed E-state index contributed by atoms with van der Waals surface area (Å²) in [7, 11) is 0. The molecule has 3 amide bonds. The van der Waals surface area contributed by atoms with Crippen molar-refractivity contribution in [2.24, 2.45) is 0 Å². The predicted molar refractivity (Wildman–Crippen MR) is 91.9 cm³/mol. The number of benzene rings is 1. The molecule has 1 rings (SSSR count). The van der Waals surface area contributed by atoms with Crippen LogP contribution in [0.4, 0.5) is 10.5 Å². The minimum atomic E-state index is -0.627. The Kier molecular flexibility index (Phi) is 6.42. The number of rotatable bonds is 5. The van der Waals surface area contributed by atoms with Gasteiger partial charge in [0.05, 0.1) is 6.61 Å². The van der Waals surface area contributed by atoms with Crippen molar-refractivity contribution < 1.29 is 14.3 Å². The van der Waals surface area contributed by atoms with Crippen LogP contribution in [0, 0.1) is 6.92 Å². The number of ether oxygens (including phenoxy) is 1. The lowest BCUT2D eigenvalue weighted by atomic mass is 10.1. The largest absolute Gasteiger partial charge is 0.494 e. The molecule has 6 heteroatoms. The molecule has 0 saturated carbocycles. The maximum atomic E-state index is 12.0. The molecule has 0 aliphatic carbocycles. The highest BCUT2D eigenvalue weighted by Gasteiger charge is 2.20. The van der Waals surface area contributed by atoms with E-state index in [1.54, 1.807) is 13.0 Å². The number of carbonyl (C=O) groups excluding carboxylic acids is 2. The first-order chi connectivity index (χ1) is 10.6. The molecule has 0 saturated heterocycles. The highest BCUT2D eigenvalue weighted by Crippen LogP contribution is 2.21. The van der Waals surface area contributed by atoms with Gasteiger partial charge in [0.2, 0.25) is 5.91 Å². The monoisotopic (exact) mass is 321 g/mol. The van der Waals surface area contributed by atoms with E-state index in [-0.39, 0.29) is 11.4 Å². The minimum Gasteiger partial charge on any atom is -0.494 e. The molecule has 23 heavy (non-hydrogen) atoms. The quantitative estimate of drug-likeness (QED) is 0.780. The van der Waals surface area contributed by atoms with Crippen LogP contribution < -0.4 is 20.7 Å². The highest BCUT2D eigenvalue weighted by molar-refractivity contribution is 5.93. The Bertz CT molecular complexity index is 565. The summed E-state index contributed by atoms with van der Waals surface area (Å²) in [5.74, 6) is 0.562. The zero-order valence-corrected chi connectivity index (χ0v) is 14.7. The third kappa shape index (κ3) is 6.59. The van der Waals surface area contributed by atoms with Crippen molar-refractivity contribution in [3.63, 3.8) is 0 Å². The van der Waals surface area contributed by atoms with E-state index >= 15 is 0 Å². The van der Waals surface area contributed by atoms with Crippen molar-refractivity contribution in [1.29, 1.82) is 0 Å². The molecule has 3 N–H and O–H groups in total. The summed E-state index contributed by atoms with van der Waals surface area (Å²) in [6.45, 7) is 11.7. The number of hydrogen-bond acceptors (Lipinski definition) is 3. The fourth-order valence-corrected chi connectivity index (χ4v) is 1.95. The molecule has 0 aliphatic heterocycles. The summed E-state index contributed by atoms with van der Waals surface area (Å²) in [5, 5.41) is 8.15. The molecular weight excluding hydrogens is 294 g/mol. The molecule has 128 valence electrons. The fourth-order valence-electron chi connectivity index (χ4n) is 1.95. The van der Waals surface area contributed by atoms with Crippen molar-refractivity contribution in [1.82, 2.24) is 10.6 Å². The van der Waals surface area contributed by atoms with E-state index in [2.05, 4.69) is 16.0 Å². The summed E-state index contributed by atoms with van der Waals surface area (Å²) in [6, 6.07) is 4.34. The predicted octanol–water partition coefficient (Wildman–Crippen LogP) is 2.82. The molecule has 0 heterocycles. The summed E-state index contributed by atoms with van der Waals surface area (Å²) >= 11 is 0. The van der Waals surface area contributed by atoms with Crippen molar-refractivity contribution in [2.75, 3.05) is 11.9 Å². The van der Waals surface area contributed by atoms with Crippen LogP contribution in [-0.2, 0) is 4.79 Å². The van der Waals surface area contributed by atoms with Crippen LogP contribution in [0.2, 0.25) is 0 Å². The SMILES string of the molecule is CCOc1ccc(NC(=O)N[C@H](C)C(=O)NC(C)(C)C)cc1C. The lowest BCUT2D eigenvalue weighted by Crippen LogP contribution is -2.51. The van der Waals surface area contributed by atoms with Crippen molar-refractivity contribution in [3.05, 3.63) is 23.8 Å². The van der Waals surface area contributed by atoms with Gasteiger partial charge in [0.1, 0.15) is 11.8 Å². The summed E-state index contributed by atoms with van der Waals surface area (Å²) in [4.78, 5) is 23.9. The molecule has 6 nitrogen and oxygen atoms in total. The van der Waals surface area contributed by atoms with Gasteiger partial charge in [0.25, 0.3) is 0 Å². The molecular formula is C17H27N3O3. The second-order valence-electron chi connectivity index (χ2n) is 6.47. The van der Waals surface area contributed by atoms with Crippen LogP contribution in [0.3, 0.4) is 0 Å². The van der Waals surface area contributed by atoms with Gasteiger partial charge in [-0.15, -0.1) is 0 Å². The Balaban J connectivity index is 2.59. The van der Waals surface area contributed by atoms with Crippen LogP contribution in [-0.4, -0.2) is 30.1 Å². The van der Waals surface area contributed by atoms with E-state index in [4.69, 9.17) is 4.74 Å². The topological polar surface area (TPSA) is 79.5 Å². The molecule has 1 aromatic carbocycles. The summed E-state index contributed by atoms with van der Waals surface area (Å²) < 4.78 is 5.46. The third-order valence-electron chi connectivity index (χ3n) is 2.97. The van der Waals surface area contributed by atoms with Gasteiger partial charge in [-0.1, -0.05) is 0 Å². The molecule has 0 aromatic heterocycles. The Morgan fingerprint density at radius 1 is 1.26 bits per heavy atom. The van der Waals surface area contributed by atoms with Gasteiger partial charge < -0.3 is 20.7 Å². The highest BCUT2D eigenvalue weighted by atomic mass is 16.5. The number of nitrogens with one attached hydrogen (secondary N) is 3. The van der Waals surface area contributed by atoms with E-state index in [1.165, 1.54) is 0 Å². The van der Waals surface area contributed by atoms with Gasteiger partial charge in [-0.2, -0.15) is 0 Å². The number of urea groups is 1. The van der Waals surface area contributed by atoms with Gasteiger partial charge in [0.15, 0.2) is 0 Å². The summed E-state index contributed by atoms with van der Waals surface area (Å²) in [5.41, 5.74) is 1.24. The lowest BCUT2D eigenvalue weighted by molar-refractivity contribution is -0.123. The van der Waals surface area contributed by atoms with Gasteiger partial charge in [-0.3, -0.25) is 4.79 Å².